The van der Waals surface area contributed by atoms with Crippen molar-refractivity contribution < 1.29 is 9.32 Å². The van der Waals surface area contributed by atoms with Crippen LogP contribution in [0, 0.1) is 0 Å². The van der Waals surface area contributed by atoms with Crippen LogP contribution in [-0.2, 0) is 11.0 Å². The zero-order chi connectivity index (χ0) is 19.4. The molecule has 0 spiro atoms. The molecule has 0 heterocycles. The Morgan fingerprint density at radius 1 is 1.26 bits per heavy atom. The van der Waals surface area contributed by atoms with Gasteiger partial charge in [-0.2, -0.15) is 0 Å². The minimum atomic E-state index is -1.03. The van der Waals surface area contributed by atoms with E-state index >= 15 is 0 Å². The maximum atomic E-state index is 12.0. The van der Waals surface area contributed by atoms with Crippen molar-refractivity contribution in [3.63, 3.8) is 0 Å². The molecule has 4 nitrogen and oxygen atoms in total. The molecule has 3 N–H and O–H groups in total. The predicted molar refractivity (Wildman–Crippen MR) is 113 cm³/mol. The van der Waals surface area contributed by atoms with Crippen LogP contribution in [0.4, 0.5) is 0 Å². The lowest BCUT2D eigenvalue weighted by molar-refractivity contribution is 0.115. The van der Waals surface area contributed by atoms with E-state index in [4.69, 9.17) is 0 Å². The molecule has 0 radical (unpaired) electrons. The van der Waals surface area contributed by atoms with Gasteiger partial charge in [-0.05, 0) is 75.1 Å². The van der Waals surface area contributed by atoms with E-state index in [1.807, 2.05) is 20.8 Å². The molecule has 27 heavy (non-hydrogen) atoms. The Bertz CT molecular complexity index is 749. The highest BCUT2D eigenvalue weighted by Gasteiger charge is 2.31. The van der Waals surface area contributed by atoms with E-state index in [0.29, 0.717) is 13.0 Å². The average Bonchev–Trinajstić information content (AvgIpc) is 2.95. The number of rotatable bonds is 8. The van der Waals surface area contributed by atoms with E-state index in [1.54, 1.807) is 0 Å². The summed E-state index contributed by atoms with van der Waals surface area (Å²) in [5.74, 6) is 0. The molecule has 2 aliphatic carbocycles. The van der Waals surface area contributed by atoms with Crippen molar-refractivity contribution in [2.75, 3.05) is 6.54 Å². The minimum Gasteiger partial charge on any atom is -0.379 e. The lowest BCUT2D eigenvalue weighted by Crippen LogP contribution is -2.34. The molecule has 0 fully saturated rings. The van der Waals surface area contributed by atoms with Gasteiger partial charge in [-0.15, -0.1) is 0 Å². The monoisotopic (exact) mass is 388 g/mol. The Morgan fingerprint density at radius 2 is 2.04 bits per heavy atom. The van der Waals surface area contributed by atoms with Crippen molar-refractivity contribution in [3.8, 4) is 0 Å². The number of hydrogen-bond donors (Lipinski definition) is 3. The highest BCUT2D eigenvalue weighted by Crippen LogP contribution is 2.45. The van der Waals surface area contributed by atoms with E-state index in [-0.39, 0.29) is 10.8 Å². The third-order valence-electron chi connectivity index (χ3n) is 5.17. The molecule has 3 rings (SSSR count). The third-order valence-corrected chi connectivity index (χ3v) is 6.75. The first-order valence-corrected chi connectivity index (χ1v) is 11.1. The van der Waals surface area contributed by atoms with Gasteiger partial charge in [0.25, 0.3) is 0 Å². The fourth-order valence-corrected chi connectivity index (χ4v) is 4.50. The molecule has 1 aromatic carbocycles. The normalized spacial score (nSPS) is 21.1. The van der Waals surface area contributed by atoms with Crippen molar-refractivity contribution >= 4 is 16.6 Å². The Kier molecular flexibility index (Phi) is 6.69. The third kappa shape index (κ3) is 4.96. The first-order chi connectivity index (χ1) is 12.9. The maximum absolute atomic E-state index is 12.0. The van der Waals surface area contributed by atoms with Crippen molar-refractivity contribution in [1.29, 1.82) is 0 Å². The Morgan fingerprint density at radius 3 is 2.81 bits per heavy atom. The summed E-state index contributed by atoms with van der Waals surface area (Å²) >= 11 is 0. The van der Waals surface area contributed by atoms with Gasteiger partial charge in [0.2, 0.25) is 0 Å². The summed E-state index contributed by atoms with van der Waals surface area (Å²) in [5.41, 5.74) is 5.30. The quantitative estimate of drug-likeness (QED) is 0.466. The molecule has 5 heteroatoms. The van der Waals surface area contributed by atoms with Crippen LogP contribution in [0.5, 0.6) is 0 Å². The highest BCUT2D eigenvalue weighted by atomic mass is 32.2. The Balaban J connectivity index is 1.50. The first-order valence-electron chi connectivity index (χ1n) is 9.96. The molecule has 0 aromatic heterocycles. The van der Waals surface area contributed by atoms with Crippen molar-refractivity contribution in [3.05, 3.63) is 53.1 Å². The number of hydrogen-bond acceptors (Lipinski definition) is 3. The van der Waals surface area contributed by atoms with Gasteiger partial charge in [0, 0.05) is 6.54 Å². The van der Waals surface area contributed by atoms with Gasteiger partial charge >= 0.3 is 0 Å². The van der Waals surface area contributed by atoms with Crippen LogP contribution < -0.4 is 10.0 Å². The van der Waals surface area contributed by atoms with Crippen molar-refractivity contribution in [2.24, 2.45) is 0 Å². The molecule has 1 aromatic rings. The summed E-state index contributed by atoms with van der Waals surface area (Å²) in [6.07, 6.45) is 8.54. The van der Waals surface area contributed by atoms with Gasteiger partial charge in [0.1, 0.15) is 6.23 Å². The largest absolute Gasteiger partial charge is 0.379 e. The van der Waals surface area contributed by atoms with Crippen LogP contribution in [0.1, 0.15) is 70.0 Å². The predicted octanol–water partition coefficient (Wildman–Crippen LogP) is 3.98. The molecular weight excluding hydrogens is 356 g/mol. The van der Waals surface area contributed by atoms with E-state index in [9.17, 15) is 9.32 Å². The number of fused-ring (bicyclic) bond motifs is 2. The Labute approximate surface area is 165 Å². The van der Waals surface area contributed by atoms with Crippen molar-refractivity contribution in [1.82, 2.24) is 10.0 Å². The van der Waals surface area contributed by atoms with E-state index in [2.05, 4.69) is 46.5 Å². The zero-order valence-electron chi connectivity index (χ0n) is 16.6. The van der Waals surface area contributed by atoms with Gasteiger partial charge in [0.05, 0.1) is 21.8 Å². The second kappa shape index (κ2) is 8.82. The first kappa shape index (κ1) is 20.5. The number of allylic oxidation sites excluding steroid dienone is 3. The maximum Gasteiger partial charge on any atom is 0.105 e. The number of benzene rings is 1. The molecule has 0 amide bonds. The highest BCUT2D eigenvalue weighted by molar-refractivity contribution is 7.84. The molecule has 148 valence electrons. The molecular formula is C22H32N2O2S. The van der Waals surface area contributed by atoms with Crippen LogP contribution in [0.3, 0.4) is 0 Å². The molecule has 2 aliphatic rings. The standard InChI is InChI=1S/C22H32N2O2S/c1-22(2,3)27(26)23-15-9-8-14-20(25)24-21-18-12-6-4-10-16(18)17-11-5-7-13-19(17)21/h4-6,10-12,20-21,23-25H,7-9,13-15H2,1-3H3. The number of nitrogens with one attached hydrogen (secondary N) is 2. The summed E-state index contributed by atoms with van der Waals surface area (Å²) in [6, 6.07) is 8.61. The summed E-state index contributed by atoms with van der Waals surface area (Å²) in [7, 11) is -1.03. The summed E-state index contributed by atoms with van der Waals surface area (Å²) < 4.78 is 14.8. The fourth-order valence-electron chi connectivity index (χ4n) is 3.74. The van der Waals surface area contributed by atoms with Crippen LogP contribution in [-0.4, -0.2) is 26.8 Å². The van der Waals surface area contributed by atoms with Crippen molar-refractivity contribution in [2.45, 2.75) is 69.9 Å². The second-order valence-corrected chi connectivity index (χ2v) is 10.4. The Hall–Kier alpha value is -1.27. The lowest BCUT2D eigenvalue weighted by atomic mass is 9.96. The van der Waals surface area contributed by atoms with E-state index < -0.39 is 17.2 Å². The molecule has 0 aliphatic heterocycles. The smallest absolute Gasteiger partial charge is 0.105 e. The summed E-state index contributed by atoms with van der Waals surface area (Å²) in [5, 5.41) is 14.0. The lowest BCUT2D eigenvalue weighted by Gasteiger charge is -2.23. The van der Waals surface area contributed by atoms with Crippen LogP contribution in [0.15, 0.2) is 42.0 Å². The van der Waals surface area contributed by atoms with Gasteiger partial charge in [0.15, 0.2) is 0 Å². The molecule has 0 saturated carbocycles. The topological polar surface area (TPSA) is 61.4 Å². The van der Waals surface area contributed by atoms with Crippen LogP contribution in [0.2, 0.25) is 0 Å². The van der Waals surface area contributed by atoms with Gasteiger partial charge in [-0.25, -0.2) is 8.93 Å². The average molecular weight is 389 g/mol. The number of unbranched alkanes of at least 4 members (excludes halogenated alkanes) is 1. The summed E-state index contributed by atoms with van der Waals surface area (Å²) in [4.78, 5) is 0. The molecule has 0 bridgehead atoms. The van der Waals surface area contributed by atoms with Gasteiger partial charge < -0.3 is 5.11 Å². The van der Waals surface area contributed by atoms with Gasteiger partial charge in [-0.3, -0.25) is 5.32 Å². The fraction of sp³-hybridized carbons (Fsp3) is 0.545. The molecule has 0 saturated heterocycles. The molecule has 3 unspecified atom stereocenters. The van der Waals surface area contributed by atoms with E-state index in [0.717, 1.165) is 25.7 Å². The van der Waals surface area contributed by atoms with Crippen LogP contribution in [0.25, 0.3) is 5.57 Å². The SMILES string of the molecule is CC(C)(C)S(=O)NCCCCC(O)NC1C2=C(C=CCC2)c2ccccc21. The summed E-state index contributed by atoms with van der Waals surface area (Å²) in [6.45, 7) is 6.61. The second-order valence-electron chi connectivity index (χ2n) is 8.35. The minimum absolute atomic E-state index is 0.114. The van der Waals surface area contributed by atoms with E-state index in [1.165, 1.54) is 22.3 Å². The van der Waals surface area contributed by atoms with Gasteiger partial charge in [-0.1, -0.05) is 36.4 Å². The number of aliphatic hydroxyl groups is 1. The molecule has 3 atom stereocenters. The zero-order valence-corrected chi connectivity index (χ0v) is 17.4. The number of aliphatic hydroxyl groups excluding tert-OH is 1. The van der Waals surface area contributed by atoms with Crippen LogP contribution >= 0.6 is 0 Å².